The highest BCUT2D eigenvalue weighted by Crippen LogP contribution is 2.39. The van der Waals surface area contributed by atoms with Crippen molar-refractivity contribution in [2.75, 3.05) is 39.2 Å². The average Bonchev–Trinajstić information content (AvgIpc) is 3.18. The summed E-state index contributed by atoms with van der Waals surface area (Å²) in [6.07, 6.45) is 0.885. The van der Waals surface area contributed by atoms with Crippen LogP contribution in [0.4, 0.5) is 10.5 Å². The second-order valence-corrected chi connectivity index (χ2v) is 6.41. The van der Waals surface area contributed by atoms with Gasteiger partial charge in [-0.05, 0) is 31.5 Å². The van der Waals surface area contributed by atoms with Crippen LogP contribution in [-0.4, -0.2) is 44.8 Å². The number of para-hydroxylation sites is 1. The van der Waals surface area contributed by atoms with Crippen molar-refractivity contribution >= 4 is 11.7 Å². The van der Waals surface area contributed by atoms with Crippen molar-refractivity contribution in [3.05, 3.63) is 48.0 Å². The molecule has 1 fully saturated rings. The van der Waals surface area contributed by atoms with E-state index in [1.165, 1.54) is 0 Å². The number of likely N-dealkylation sites (tertiary alicyclic amines) is 1. The van der Waals surface area contributed by atoms with Crippen molar-refractivity contribution in [1.29, 1.82) is 0 Å². The zero-order valence-corrected chi connectivity index (χ0v) is 16.0. The van der Waals surface area contributed by atoms with Crippen molar-refractivity contribution in [1.82, 2.24) is 4.90 Å². The lowest BCUT2D eigenvalue weighted by molar-refractivity contribution is 0.222. The molecule has 27 heavy (non-hydrogen) atoms. The SMILES string of the molecule is CCOc1cccc(NC(=O)N2CC[C@H](c3cccc(OC)c3OC)C2)c1. The topological polar surface area (TPSA) is 60.0 Å². The van der Waals surface area contributed by atoms with Crippen molar-refractivity contribution in [2.24, 2.45) is 0 Å². The van der Waals surface area contributed by atoms with Gasteiger partial charge in [-0.1, -0.05) is 18.2 Å². The minimum absolute atomic E-state index is 0.104. The van der Waals surface area contributed by atoms with Gasteiger partial charge >= 0.3 is 6.03 Å². The third kappa shape index (κ3) is 4.27. The van der Waals surface area contributed by atoms with Gasteiger partial charge < -0.3 is 24.4 Å². The fourth-order valence-corrected chi connectivity index (χ4v) is 3.46. The van der Waals surface area contributed by atoms with E-state index in [4.69, 9.17) is 14.2 Å². The number of hydrogen-bond acceptors (Lipinski definition) is 4. The number of benzene rings is 2. The van der Waals surface area contributed by atoms with Crippen molar-refractivity contribution in [2.45, 2.75) is 19.3 Å². The fraction of sp³-hybridized carbons (Fsp3) is 0.381. The molecule has 1 atom stereocenters. The number of carbonyl (C=O) groups excluding carboxylic acids is 1. The second kappa shape index (κ2) is 8.66. The first-order valence-electron chi connectivity index (χ1n) is 9.16. The van der Waals surface area contributed by atoms with E-state index in [0.717, 1.165) is 29.2 Å². The first-order valence-corrected chi connectivity index (χ1v) is 9.16. The lowest BCUT2D eigenvalue weighted by Gasteiger charge is -2.19. The Morgan fingerprint density at radius 1 is 1.19 bits per heavy atom. The summed E-state index contributed by atoms with van der Waals surface area (Å²) >= 11 is 0. The summed E-state index contributed by atoms with van der Waals surface area (Å²) < 4.78 is 16.4. The lowest BCUT2D eigenvalue weighted by Crippen LogP contribution is -2.32. The van der Waals surface area contributed by atoms with E-state index in [2.05, 4.69) is 5.32 Å². The Labute approximate surface area is 160 Å². The van der Waals surface area contributed by atoms with E-state index in [1.807, 2.05) is 54.3 Å². The van der Waals surface area contributed by atoms with Gasteiger partial charge in [0.15, 0.2) is 11.5 Å². The minimum Gasteiger partial charge on any atom is -0.494 e. The number of amides is 2. The molecular formula is C21H26N2O4. The number of rotatable bonds is 6. The summed E-state index contributed by atoms with van der Waals surface area (Å²) in [5, 5.41) is 2.96. The molecule has 0 saturated carbocycles. The molecule has 1 aliphatic rings. The molecule has 0 aliphatic carbocycles. The van der Waals surface area contributed by atoms with Crippen LogP contribution in [0.25, 0.3) is 0 Å². The van der Waals surface area contributed by atoms with E-state index in [9.17, 15) is 4.79 Å². The third-order valence-corrected chi connectivity index (χ3v) is 4.75. The molecule has 1 heterocycles. The normalized spacial score (nSPS) is 16.1. The van der Waals surface area contributed by atoms with Crippen LogP contribution in [0.5, 0.6) is 17.2 Å². The smallest absolute Gasteiger partial charge is 0.321 e. The zero-order valence-electron chi connectivity index (χ0n) is 16.0. The van der Waals surface area contributed by atoms with Crippen LogP contribution >= 0.6 is 0 Å². The van der Waals surface area contributed by atoms with Gasteiger partial charge in [-0.15, -0.1) is 0 Å². The molecule has 6 heteroatoms. The van der Waals surface area contributed by atoms with Crippen LogP contribution in [0.15, 0.2) is 42.5 Å². The van der Waals surface area contributed by atoms with Gasteiger partial charge in [0.2, 0.25) is 0 Å². The predicted molar refractivity (Wildman–Crippen MR) is 105 cm³/mol. The maximum Gasteiger partial charge on any atom is 0.321 e. The Hall–Kier alpha value is -2.89. The Kier molecular flexibility index (Phi) is 6.06. The molecule has 0 aromatic heterocycles. The molecular weight excluding hydrogens is 344 g/mol. The largest absolute Gasteiger partial charge is 0.494 e. The molecule has 2 aromatic rings. The van der Waals surface area contributed by atoms with E-state index in [1.54, 1.807) is 14.2 Å². The monoisotopic (exact) mass is 370 g/mol. The quantitative estimate of drug-likeness (QED) is 0.831. The van der Waals surface area contributed by atoms with Gasteiger partial charge in [0.05, 0.1) is 20.8 Å². The third-order valence-electron chi connectivity index (χ3n) is 4.75. The standard InChI is InChI=1S/C21H26N2O4/c1-4-27-17-8-5-7-16(13-17)22-21(24)23-12-11-15(14-23)18-9-6-10-19(25-2)20(18)26-3/h5-10,13,15H,4,11-12,14H2,1-3H3,(H,22,24)/t15-/m0/s1. The van der Waals surface area contributed by atoms with Gasteiger partial charge in [0, 0.05) is 36.3 Å². The summed E-state index contributed by atoms with van der Waals surface area (Å²) in [5.41, 5.74) is 1.80. The maximum absolute atomic E-state index is 12.7. The predicted octanol–water partition coefficient (Wildman–Crippen LogP) is 4.12. The first-order chi connectivity index (χ1) is 13.2. The summed E-state index contributed by atoms with van der Waals surface area (Å²) in [5.74, 6) is 2.42. The first kappa shape index (κ1) is 18.9. The molecule has 0 bridgehead atoms. The Morgan fingerprint density at radius 3 is 2.74 bits per heavy atom. The van der Waals surface area contributed by atoms with E-state index < -0.39 is 0 Å². The van der Waals surface area contributed by atoms with E-state index in [-0.39, 0.29) is 11.9 Å². The number of nitrogens with zero attached hydrogens (tertiary/aromatic N) is 1. The van der Waals surface area contributed by atoms with Gasteiger partial charge in [-0.25, -0.2) is 4.79 Å². The number of methoxy groups -OCH3 is 2. The zero-order chi connectivity index (χ0) is 19.2. The van der Waals surface area contributed by atoms with Gasteiger partial charge in [-0.2, -0.15) is 0 Å². The molecule has 1 saturated heterocycles. The van der Waals surface area contributed by atoms with Crippen molar-refractivity contribution in [3.63, 3.8) is 0 Å². The second-order valence-electron chi connectivity index (χ2n) is 6.41. The average molecular weight is 370 g/mol. The van der Waals surface area contributed by atoms with Crippen LogP contribution in [0.3, 0.4) is 0 Å². The molecule has 0 unspecified atom stereocenters. The van der Waals surface area contributed by atoms with E-state index in [0.29, 0.717) is 25.4 Å². The molecule has 2 aromatic carbocycles. The number of carbonyl (C=O) groups is 1. The molecule has 2 amide bonds. The summed E-state index contributed by atoms with van der Waals surface area (Å²) in [7, 11) is 3.28. The lowest BCUT2D eigenvalue weighted by atomic mass is 9.97. The molecule has 6 nitrogen and oxygen atoms in total. The van der Waals surface area contributed by atoms with Crippen LogP contribution in [0, 0.1) is 0 Å². The number of hydrogen-bond donors (Lipinski definition) is 1. The van der Waals surface area contributed by atoms with Gasteiger partial charge in [0.25, 0.3) is 0 Å². The Bertz CT molecular complexity index is 794. The van der Waals surface area contributed by atoms with Crippen molar-refractivity contribution < 1.29 is 19.0 Å². The van der Waals surface area contributed by atoms with E-state index >= 15 is 0 Å². The van der Waals surface area contributed by atoms with Crippen molar-refractivity contribution in [3.8, 4) is 17.2 Å². The molecule has 1 aliphatic heterocycles. The summed E-state index contributed by atoms with van der Waals surface area (Å²) in [4.78, 5) is 14.5. The van der Waals surface area contributed by atoms with Gasteiger partial charge in [0.1, 0.15) is 5.75 Å². The number of nitrogens with one attached hydrogen (secondary N) is 1. The molecule has 1 N–H and O–H groups in total. The van der Waals surface area contributed by atoms with Crippen LogP contribution in [-0.2, 0) is 0 Å². The number of ether oxygens (including phenoxy) is 3. The molecule has 144 valence electrons. The van der Waals surface area contributed by atoms with Crippen LogP contribution in [0.1, 0.15) is 24.8 Å². The fourth-order valence-electron chi connectivity index (χ4n) is 3.46. The highest BCUT2D eigenvalue weighted by molar-refractivity contribution is 5.89. The molecule has 0 spiro atoms. The highest BCUT2D eigenvalue weighted by atomic mass is 16.5. The van der Waals surface area contributed by atoms with Gasteiger partial charge in [-0.3, -0.25) is 0 Å². The van der Waals surface area contributed by atoms with Crippen LogP contribution in [0.2, 0.25) is 0 Å². The maximum atomic E-state index is 12.7. The highest BCUT2D eigenvalue weighted by Gasteiger charge is 2.30. The van der Waals surface area contributed by atoms with Crippen LogP contribution < -0.4 is 19.5 Å². The molecule has 0 radical (unpaired) electrons. The summed E-state index contributed by atoms with van der Waals surface area (Å²) in [6, 6.07) is 13.2. The molecule has 3 rings (SSSR count). The Balaban J connectivity index is 1.67. The summed E-state index contributed by atoms with van der Waals surface area (Å²) in [6.45, 7) is 3.86. The minimum atomic E-state index is -0.104. The Morgan fingerprint density at radius 2 is 2.00 bits per heavy atom. The number of urea groups is 1. The number of anilines is 1.